The van der Waals surface area contributed by atoms with Crippen molar-refractivity contribution in [2.75, 3.05) is 9.80 Å². The summed E-state index contributed by atoms with van der Waals surface area (Å²) in [4.78, 5) is 4.79. The maximum absolute atomic E-state index is 11.6. The first-order valence-electron chi connectivity index (χ1n) is 53.1. The van der Waals surface area contributed by atoms with Gasteiger partial charge in [0.2, 0.25) is 0 Å². The van der Waals surface area contributed by atoms with Crippen LogP contribution in [0.15, 0.2) is 394 Å². The van der Waals surface area contributed by atoms with Gasteiger partial charge < -0.3 is 28.1 Å². The fourth-order valence-corrected chi connectivity index (χ4v) is 20.6. The molecule has 0 unspecified atom stereocenters. The van der Waals surface area contributed by atoms with Crippen LogP contribution in [-0.4, -0.2) is 25.0 Å². The zero-order valence-corrected chi connectivity index (χ0v) is 75.1. The molecule has 2 aliphatic rings. The van der Waals surface area contributed by atoms with E-state index in [-0.39, 0.29) is 54.8 Å². The van der Waals surface area contributed by atoms with Crippen molar-refractivity contribution in [3.63, 3.8) is 0 Å². The van der Waals surface area contributed by atoms with E-state index in [2.05, 4.69) is 296 Å². The quantitative estimate of drug-likeness (QED) is 0.121. The number of rotatable bonds is 11. The van der Waals surface area contributed by atoms with Crippen LogP contribution in [0.4, 0.5) is 34.1 Å². The van der Waals surface area contributed by atoms with Crippen molar-refractivity contribution in [2.24, 2.45) is 0 Å². The molecule has 24 rings (SSSR count). The van der Waals surface area contributed by atoms with Gasteiger partial charge in [-0.05, 0) is 233 Å². The van der Waals surface area contributed by atoms with Crippen molar-refractivity contribution in [3.05, 3.63) is 416 Å². The van der Waals surface area contributed by atoms with E-state index in [1.54, 1.807) is 0 Å². The van der Waals surface area contributed by atoms with Crippen molar-refractivity contribution in [1.82, 2.24) is 18.3 Å². The molecule has 0 N–H and O–H groups in total. The van der Waals surface area contributed by atoms with E-state index in [9.17, 15) is 20.6 Å². The molecule has 22 aromatic rings. The largest absolute Gasteiger partial charge is 0.310 e. The smallest absolute Gasteiger partial charge is 0.252 e. The Bertz CT molecular complexity index is 9140. The fourth-order valence-electron chi connectivity index (χ4n) is 20.6. The van der Waals surface area contributed by atoms with Crippen molar-refractivity contribution >= 4 is 144 Å². The van der Waals surface area contributed by atoms with Crippen molar-refractivity contribution < 1.29 is 21.9 Å². The second kappa shape index (κ2) is 29.7. The molecule has 7 heteroatoms. The molecule has 0 fully saturated rings. The summed E-state index contributed by atoms with van der Waals surface area (Å²) < 4.78 is 166. The third kappa shape index (κ3) is 12.7. The summed E-state index contributed by atoms with van der Waals surface area (Å²) in [5, 5.41) is 4.11. The number of aromatic nitrogens is 4. The second-order valence-corrected chi connectivity index (χ2v) is 39.3. The van der Waals surface area contributed by atoms with Crippen LogP contribution in [0.3, 0.4) is 0 Å². The Labute approximate surface area is 789 Å². The number of nitrogens with zero attached hydrogens (tertiary/aromatic N) is 6. The lowest BCUT2D eigenvalue weighted by molar-refractivity contribution is 0.590. The van der Waals surface area contributed by atoms with Gasteiger partial charge in [-0.2, -0.15) is 0 Å². The zero-order valence-electron chi connectivity index (χ0n) is 91.1. The van der Waals surface area contributed by atoms with Gasteiger partial charge in [0.15, 0.2) is 0 Å². The molecule has 4 aromatic heterocycles. The highest BCUT2D eigenvalue weighted by atomic mass is 15.2. The highest BCUT2D eigenvalue weighted by molar-refractivity contribution is 7.00. The highest BCUT2D eigenvalue weighted by Crippen LogP contribution is 2.57. The third-order valence-corrected chi connectivity index (χ3v) is 27.2. The lowest BCUT2D eigenvalue weighted by atomic mass is 9.33. The number of hydrogen-bond donors (Lipinski definition) is 0. The Balaban J connectivity index is 0.940. The first kappa shape index (κ1) is 63.7. The summed E-state index contributed by atoms with van der Waals surface area (Å²) in [5.41, 5.74) is 22.0. The van der Waals surface area contributed by atoms with Crippen LogP contribution in [-0.2, 0) is 21.7 Å². The molecule has 0 radical (unpaired) electrons. The first-order chi connectivity index (χ1) is 70.2. The average molecular weight is 1700 g/mol. The van der Waals surface area contributed by atoms with Crippen LogP contribution in [0.5, 0.6) is 0 Å². The topological polar surface area (TPSA) is 26.2 Å². The van der Waals surface area contributed by atoms with E-state index < -0.39 is 114 Å². The molecule has 0 bridgehead atoms. The predicted molar refractivity (Wildman–Crippen MR) is 560 cm³/mol. The Hall–Kier alpha value is -15.2. The van der Waals surface area contributed by atoms with Gasteiger partial charge in [-0.1, -0.05) is 338 Å². The van der Waals surface area contributed by atoms with Crippen LogP contribution in [0.25, 0.3) is 166 Å². The lowest BCUT2D eigenvalue weighted by Gasteiger charge is -2.46. The van der Waals surface area contributed by atoms with E-state index in [1.807, 2.05) is 108 Å². The van der Waals surface area contributed by atoms with Gasteiger partial charge in [0.05, 0.1) is 83.1 Å². The van der Waals surface area contributed by atoms with E-state index in [4.69, 9.17) is 1.37 Å². The summed E-state index contributed by atoms with van der Waals surface area (Å²) in [6.45, 7) is 26.1. The first-order valence-corrected chi connectivity index (χ1v) is 45.1. The van der Waals surface area contributed by atoms with Gasteiger partial charge in [0, 0.05) is 105 Å². The van der Waals surface area contributed by atoms with Gasteiger partial charge in [0.25, 0.3) is 6.71 Å². The van der Waals surface area contributed by atoms with Gasteiger partial charge in [-0.3, -0.25) is 0 Å². The molecule has 6 nitrogen and oxygen atoms in total. The minimum absolute atomic E-state index is 0.0126. The van der Waals surface area contributed by atoms with Crippen LogP contribution < -0.4 is 26.2 Å². The molecule has 2 aliphatic heterocycles. The van der Waals surface area contributed by atoms with Crippen LogP contribution >= 0.6 is 0 Å². The SMILES string of the molecule is [2H]c1c([2H])c([2H])c(-c2ccc3c(c2)N(c2c(-c4ccccc4)cc(C(C)(C)C)cc2-c2ccccc2)c2cc(-n4c5ccc(-n6c7ccccc7c7ccccc76)cc5c5c([2H])c(-n6c7c([2H])c([2H])c([2H])c([2H])c7c7c([2H])c([2H])c([2H])c([2H])c76)c([2H])c([2H])c54)cc4c2B3c2ccc(-n3c5ccc(C(C)(C)C)cc5c5cc(C(C)(C)C)ccc53)cc2N4c2c(-c3ccccc3)cc(C(C)(C)C)cc2-c2ccccc2)c([2H])c1[2H]. The number of benzene rings is 18. The summed E-state index contributed by atoms with van der Waals surface area (Å²) in [6, 6.07) is 95.3. The number of para-hydroxylation sites is 4. The van der Waals surface area contributed by atoms with Gasteiger partial charge in [0.1, 0.15) is 0 Å². The lowest BCUT2D eigenvalue weighted by Crippen LogP contribution is -2.61. The molecule has 0 amide bonds. The summed E-state index contributed by atoms with van der Waals surface area (Å²) in [6.07, 6.45) is 0. The minimum Gasteiger partial charge on any atom is -0.310 e. The van der Waals surface area contributed by atoms with Crippen molar-refractivity contribution in [1.29, 1.82) is 0 Å². The van der Waals surface area contributed by atoms with Gasteiger partial charge in [-0.15, -0.1) is 0 Å². The number of anilines is 6. The van der Waals surface area contributed by atoms with Crippen molar-refractivity contribution in [3.8, 4) is 78.4 Å². The molecular weight excluding hydrogens is 1580 g/mol. The molecule has 6 heterocycles. The molecule has 0 aliphatic carbocycles. The van der Waals surface area contributed by atoms with Crippen LogP contribution in [0.1, 0.15) is 127 Å². The minimum atomic E-state index is -0.773. The average Bonchev–Trinajstić information content (AvgIpc) is 1.67. The van der Waals surface area contributed by atoms with E-state index in [1.165, 1.54) is 15.7 Å². The van der Waals surface area contributed by atoms with Gasteiger partial charge in [-0.25, -0.2) is 0 Å². The predicted octanol–water partition coefficient (Wildman–Crippen LogP) is 31.7. The number of hydrogen-bond acceptors (Lipinski definition) is 2. The zero-order chi connectivity index (χ0) is 103. The normalized spacial score (nSPS) is 14.7. The standard InChI is InChI=1S/C124H101BN6/c1-121(2,3)84-55-62-110-100(67-84)101-68-85(122(4,5)6)56-63-111(101)128(110)90-57-61-105-115(75-90)131(120-98(81-42-24-16-25-43-81)71-87(124(10,11)12)72-99(120)82-44-26-17-27-45-82)117-77-91(76-116-118(117)125(105)104-60-54-83(78-36-18-13-19-37-78)66-114(104)130(116)119-96(79-38-20-14-21-39-79)69-86(123(7,8)9)70-97(119)80-40-22-15-23-41-80)129-112-64-58-88(126-106-50-32-28-46-92(106)93-47-29-33-51-107(93)126)73-102(112)103-74-89(59-65-113(103)129)127-108-52-34-30-48-94(108)95-49-31-35-53-109(95)127/h13-77H,1-12H3/i13D,18D,19D,28D,29D,32D,33D,36D,37D,46D,47D,50D,51D,58D,64D,73D. The van der Waals surface area contributed by atoms with Gasteiger partial charge >= 0.3 is 0 Å². The molecule has 0 spiro atoms. The van der Waals surface area contributed by atoms with Crippen molar-refractivity contribution in [2.45, 2.75) is 105 Å². The van der Waals surface area contributed by atoms with E-state index in [0.29, 0.717) is 50.6 Å². The molecule has 18 aromatic carbocycles. The monoisotopic (exact) mass is 1700 g/mol. The third-order valence-electron chi connectivity index (χ3n) is 27.2. The molecule has 0 saturated carbocycles. The molecule has 630 valence electrons. The maximum atomic E-state index is 11.6. The Morgan fingerprint density at radius 3 is 1.05 bits per heavy atom. The molecule has 131 heavy (non-hydrogen) atoms. The summed E-state index contributed by atoms with van der Waals surface area (Å²) in [5.74, 6) is 0. The molecular formula is C124H101BN6. The highest BCUT2D eigenvalue weighted by Gasteiger charge is 2.47. The Kier molecular flexibility index (Phi) is 14.4. The number of fused-ring (bicyclic) bond motifs is 16. The molecule has 0 saturated heterocycles. The fraction of sp³-hybridized carbons (Fsp3) is 0.129. The maximum Gasteiger partial charge on any atom is 0.252 e. The van der Waals surface area contributed by atoms with Crippen LogP contribution in [0.2, 0.25) is 0 Å². The molecule has 0 atom stereocenters. The second-order valence-electron chi connectivity index (χ2n) is 39.3. The summed E-state index contributed by atoms with van der Waals surface area (Å²) in [7, 11) is 0. The van der Waals surface area contributed by atoms with E-state index >= 15 is 0 Å². The Morgan fingerprint density at radius 1 is 0.221 bits per heavy atom. The van der Waals surface area contributed by atoms with E-state index in [0.717, 1.165) is 133 Å². The Morgan fingerprint density at radius 2 is 0.580 bits per heavy atom. The summed E-state index contributed by atoms with van der Waals surface area (Å²) >= 11 is 0. The van der Waals surface area contributed by atoms with Crippen LogP contribution in [0, 0.1) is 0 Å².